The van der Waals surface area contributed by atoms with E-state index in [1.165, 1.54) is 0 Å². The van der Waals surface area contributed by atoms with Gasteiger partial charge in [-0.15, -0.1) is 0 Å². The fourth-order valence-corrected chi connectivity index (χ4v) is 1.90. The lowest BCUT2D eigenvalue weighted by atomic mass is 10.1. The van der Waals surface area contributed by atoms with Gasteiger partial charge in [-0.2, -0.15) is 0 Å². The van der Waals surface area contributed by atoms with Crippen LogP contribution < -0.4 is 0 Å². The number of nitro groups is 1. The van der Waals surface area contributed by atoms with E-state index in [1.807, 2.05) is 0 Å². The maximum Gasteiger partial charge on any atom is 0.323 e. The molecule has 20 heavy (non-hydrogen) atoms. The molecule has 0 fully saturated rings. The van der Waals surface area contributed by atoms with Gasteiger partial charge in [0.1, 0.15) is 6.54 Å². The highest BCUT2D eigenvalue weighted by molar-refractivity contribution is 6.44. The van der Waals surface area contributed by atoms with Crippen LogP contribution in [0, 0.1) is 10.1 Å². The van der Waals surface area contributed by atoms with Crippen molar-refractivity contribution in [1.29, 1.82) is 0 Å². The number of carbonyl (C=O) groups is 2. The van der Waals surface area contributed by atoms with Gasteiger partial charge in [0.05, 0.1) is 20.5 Å². The summed E-state index contributed by atoms with van der Waals surface area (Å²) in [5, 5.41) is 19.2. The summed E-state index contributed by atoms with van der Waals surface area (Å²) in [4.78, 5) is 33.8. The van der Waals surface area contributed by atoms with Crippen LogP contribution in [0.4, 0.5) is 5.69 Å². The van der Waals surface area contributed by atoms with Crippen LogP contribution in [0.5, 0.6) is 0 Å². The SMILES string of the molecule is CCN(CC(=O)O)C(=O)c1cc([N+](=O)[O-])cc(Cl)c1Cl. The van der Waals surface area contributed by atoms with Crippen molar-refractivity contribution in [2.45, 2.75) is 6.92 Å². The number of carbonyl (C=O) groups excluding carboxylic acids is 1. The standard InChI is InChI=1S/C11H10Cl2N2O5/c1-2-14(5-9(16)17)11(18)7-3-6(15(19)20)4-8(12)10(7)13/h3-4H,2,5H2,1H3,(H,16,17). The zero-order valence-electron chi connectivity index (χ0n) is 10.3. The van der Waals surface area contributed by atoms with Gasteiger partial charge in [-0.05, 0) is 6.92 Å². The monoisotopic (exact) mass is 320 g/mol. The molecule has 0 bridgehead atoms. The Morgan fingerprint density at radius 2 is 2.00 bits per heavy atom. The zero-order chi connectivity index (χ0) is 15.4. The Kier molecular flexibility index (Phi) is 5.29. The van der Waals surface area contributed by atoms with E-state index in [0.717, 1.165) is 17.0 Å². The molecule has 0 saturated carbocycles. The number of carboxylic acids is 1. The Morgan fingerprint density at radius 1 is 1.40 bits per heavy atom. The fourth-order valence-electron chi connectivity index (χ4n) is 1.50. The third-order valence-electron chi connectivity index (χ3n) is 2.45. The maximum absolute atomic E-state index is 12.2. The molecule has 1 N–H and O–H groups in total. The highest BCUT2D eigenvalue weighted by atomic mass is 35.5. The minimum absolute atomic E-state index is 0.113. The topological polar surface area (TPSA) is 101 Å². The third kappa shape index (κ3) is 3.58. The molecule has 0 unspecified atom stereocenters. The quantitative estimate of drug-likeness (QED) is 0.663. The first-order chi connectivity index (χ1) is 9.27. The molecule has 0 spiro atoms. The molecule has 0 radical (unpaired) electrons. The normalized spacial score (nSPS) is 10.2. The van der Waals surface area contributed by atoms with Crippen molar-refractivity contribution >= 4 is 40.8 Å². The van der Waals surface area contributed by atoms with Crippen LogP contribution in [0.1, 0.15) is 17.3 Å². The predicted molar refractivity (Wildman–Crippen MR) is 72.3 cm³/mol. The van der Waals surface area contributed by atoms with Gasteiger partial charge in [-0.1, -0.05) is 23.2 Å². The largest absolute Gasteiger partial charge is 0.480 e. The van der Waals surface area contributed by atoms with Gasteiger partial charge in [0.15, 0.2) is 0 Å². The predicted octanol–water partition coefficient (Wildman–Crippen LogP) is 2.45. The number of halogens is 2. The Labute approximate surface area is 123 Å². The Balaban J connectivity index is 3.26. The maximum atomic E-state index is 12.2. The van der Waals surface area contributed by atoms with Crippen LogP contribution in [0.15, 0.2) is 12.1 Å². The molecule has 108 valence electrons. The van der Waals surface area contributed by atoms with E-state index in [4.69, 9.17) is 28.3 Å². The molecule has 1 rings (SSSR count). The van der Waals surface area contributed by atoms with Crippen LogP contribution in [0.2, 0.25) is 10.0 Å². The summed E-state index contributed by atoms with van der Waals surface area (Å²) < 4.78 is 0. The van der Waals surface area contributed by atoms with Gasteiger partial charge in [0, 0.05) is 18.7 Å². The molecule has 7 nitrogen and oxygen atoms in total. The van der Waals surface area contributed by atoms with E-state index in [2.05, 4.69) is 0 Å². The molecule has 1 aromatic rings. The van der Waals surface area contributed by atoms with Crippen LogP contribution in [0.3, 0.4) is 0 Å². The van der Waals surface area contributed by atoms with E-state index >= 15 is 0 Å². The van der Waals surface area contributed by atoms with E-state index in [0.29, 0.717) is 0 Å². The highest BCUT2D eigenvalue weighted by Crippen LogP contribution is 2.31. The molecule has 0 aliphatic carbocycles. The number of hydrogen-bond acceptors (Lipinski definition) is 4. The molecule has 0 saturated heterocycles. The van der Waals surface area contributed by atoms with Gasteiger partial charge < -0.3 is 10.0 Å². The average molecular weight is 321 g/mol. The van der Waals surface area contributed by atoms with Gasteiger partial charge in [0.25, 0.3) is 11.6 Å². The number of nitro benzene ring substituents is 1. The molecule has 1 amide bonds. The van der Waals surface area contributed by atoms with E-state index < -0.39 is 29.0 Å². The smallest absolute Gasteiger partial charge is 0.323 e. The number of nitrogens with zero attached hydrogens (tertiary/aromatic N) is 2. The summed E-state index contributed by atoms with van der Waals surface area (Å²) in [5.41, 5.74) is -0.594. The van der Waals surface area contributed by atoms with Crippen LogP contribution >= 0.6 is 23.2 Å². The number of hydrogen-bond donors (Lipinski definition) is 1. The summed E-state index contributed by atoms with van der Waals surface area (Å²) in [7, 11) is 0. The molecule has 0 aromatic heterocycles. The van der Waals surface area contributed by atoms with E-state index in [9.17, 15) is 19.7 Å². The van der Waals surface area contributed by atoms with Gasteiger partial charge in [-0.3, -0.25) is 19.7 Å². The first-order valence-corrected chi connectivity index (χ1v) is 6.18. The fraction of sp³-hybridized carbons (Fsp3) is 0.273. The number of non-ortho nitro benzene ring substituents is 1. The minimum Gasteiger partial charge on any atom is -0.480 e. The lowest BCUT2D eigenvalue weighted by molar-refractivity contribution is -0.384. The number of benzene rings is 1. The zero-order valence-corrected chi connectivity index (χ0v) is 11.8. The summed E-state index contributed by atoms with van der Waals surface area (Å²) >= 11 is 11.6. The molecular formula is C11H10Cl2N2O5. The summed E-state index contributed by atoms with van der Waals surface area (Å²) in [6.07, 6.45) is 0. The van der Waals surface area contributed by atoms with Crippen LogP contribution in [0.25, 0.3) is 0 Å². The second kappa shape index (κ2) is 6.53. The van der Waals surface area contributed by atoms with Gasteiger partial charge >= 0.3 is 5.97 Å². The molecular weight excluding hydrogens is 311 g/mol. The lowest BCUT2D eigenvalue weighted by Gasteiger charge is -2.19. The van der Waals surface area contributed by atoms with Crippen LogP contribution in [-0.2, 0) is 4.79 Å². The van der Waals surface area contributed by atoms with Crippen molar-refractivity contribution in [1.82, 2.24) is 4.90 Å². The number of rotatable bonds is 5. The molecule has 1 aromatic carbocycles. The first-order valence-electron chi connectivity index (χ1n) is 5.42. The van der Waals surface area contributed by atoms with E-state index in [1.54, 1.807) is 6.92 Å². The third-order valence-corrected chi connectivity index (χ3v) is 3.25. The molecule has 0 heterocycles. The van der Waals surface area contributed by atoms with Crippen molar-refractivity contribution in [3.63, 3.8) is 0 Å². The number of carboxylic acid groups (broad SMARTS) is 1. The Bertz CT molecular complexity index is 576. The first kappa shape index (κ1) is 16.2. The number of aliphatic carboxylic acids is 1. The highest BCUT2D eigenvalue weighted by Gasteiger charge is 2.24. The van der Waals surface area contributed by atoms with Crippen molar-refractivity contribution < 1.29 is 19.6 Å². The van der Waals surface area contributed by atoms with Gasteiger partial charge in [0.2, 0.25) is 0 Å². The minimum atomic E-state index is -1.20. The summed E-state index contributed by atoms with van der Waals surface area (Å²) in [5.74, 6) is -1.93. The van der Waals surface area contributed by atoms with E-state index in [-0.39, 0.29) is 22.2 Å². The Morgan fingerprint density at radius 3 is 2.45 bits per heavy atom. The summed E-state index contributed by atoms with van der Waals surface area (Å²) in [6.45, 7) is 1.15. The second-order valence-corrected chi connectivity index (χ2v) is 4.54. The number of likely N-dealkylation sites (N-methyl/N-ethyl adjacent to an activating group) is 1. The molecule has 0 aliphatic rings. The molecule has 0 atom stereocenters. The molecule has 9 heteroatoms. The molecule has 0 aliphatic heterocycles. The Hall–Kier alpha value is -1.86. The van der Waals surface area contributed by atoms with Crippen molar-refractivity contribution in [2.75, 3.05) is 13.1 Å². The van der Waals surface area contributed by atoms with Crippen molar-refractivity contribution in [3.8, 4) is 0 Å². The van der Waals surface area contributed by atoms with Crippen LogP contribution in [-0.4, -0.2) is 39.9 Å². The average Bonchev–Trinajstić information content (AvgIpc) is 2.37. The lowest BCUT2D eigenvalue weighted by Crippen LogP contribution is -2.35. The van der Waals surface area contributed by atoms with Crippen molar-refractivity contribution in [3.05, 3.63) is 37.9 Å². The van der Waals surface area contributed by atoms with Crippen molar-refractivity contribution in [2.24, 2.45) is 0 Å². The van der Waals surface area contributed by atoms with Gasteiger partial charge in [-0.25, -0.2) is 0 Å². The second-order valence-electron chi connectivity index (χ2n) is 3.76. The number of amides is 1. The summed E-state index contributed by atoms with van der Waals surface area (Å²) in [6, 6.07) is 2.00.